The summed E-state index contributed by atoms with van der Waals surface area (Å²) in [5, 5.41) is 3.25. The third-order valence-electron chi connectivity index (χ3n) is 3.00. The van der Waals surface area contributed by atoms with E-state index < -0.39 is 17.2 Å². The highest BCUT2D eigenvalue weighted by molar-refractivity contribution is 9.11. The van der Waals surface area contributed by atoms with E-state index in [1.165, 1.54) is 4.90 Å². The highest BCUT2D eigenvalue weighted by atomic mass is 79.9. The van der Waals surface area contributed by atoms with Gasteiger partial charge < -0.3 is 14.8 Å². The Morgan fingerprint density at radius 1 is 1.57 bits per heavy atom. The minimum absolute atomic E-state index is 0.377. The van der Waals surface area contributed by atoms with Crippen molar-refractivity contribution in [2.45, 2.75) is 44.3 Å². The van der Waals surface area contributed by atoms with Gasteiger partial charge in [0.25, 0.3) is 0 Å². The molecule has 0 aromatic rings. The molecule has 1 N–H and O–H groups in total. The number of amides is 1. The molecule has 0 aliphatic carbocycles. The fourth-order valence-corrected chi connectivity index (χ4v) is 2.45. The summed E-state index contributed by atoms with van der Waals surface area (Å²) in [6.07, 6.45) is 3.95. The van der Waals surface area contributed by atoms with Crippen molar-refractivity contribution < 1.29 is 14.3 Å². The molecule has 0 spiro atoms. The summed E-state index contributed by atoms with van der Waals surface area (Å²) < 4.78 is 11.7. The summed E-state index contributed by atoms with van der Waals surface area (Å²) in [5.41, 5.74) is -1.21. The van der Waals surface area contributed by atoms with Crippen molar-refractivity contribution >= 4 is 33.6 Å². The van der Waals surface area contributed by atoms with Gasteiger partial charge in [0.1, 0.15) is 23.5 Å². The molecule has 7 heteroatoms. The van der Waals surface area contributed by atoms with E-state index in [1.54, 1.807) is 12.3 Å². The molecule has 2 rings (SSSR count). The van der Waals surface area contributed by atoms with Crippen LogP contribution in [0.4, 0.5) is 4.79 Å². The Balaban J connectivity index is 2.02. The van der Waals surface area contributed by atoms with E-state index >= 15 is 0 Å². The fraction of sp³-hybridized carbons (Fsp3) is 0.643. The van der Waals surface area contributed by atoms with Gasteiger partial charge in [-0.05, 0) is 39.8 Å². The van der Waals surface area contributed by atoms with Crippen molar-refractivity contribution in [1.29, 1.82) is 0 Å². The van der Waals surface area contributed by atoms with Gasteiger partial charge in [-0.15, -0.1) is 0 Å². The molecule has 0 aromatic carbocycles. The minimum Gasteiger partial charge on any atom is -0.490 e. The van der Waals surface area contributed by atoms with E-state index in [0.29, 0.717) is 22.9 Å². The number of hydrogen-bond acceptors (Lipinski definition) is 4. The molecule has 0 radical (unpaired) electrons. The minimum atomic E-state index is -0.631. The summed E-state index contributed by atoms with van der Waals surface area (Å²) in [6, 6.07) is 0.377. The largest absolute Gasteiger partial charge is 0.490 e. The van der Waals surface area contributed by atoms with Gasteiger partial charge in [0.15, 0.2) is 0 Å². The third-order valence-corrected chi connectivity index (χ3v) is 4.37. The standard InChI is InChI=1S/C14H20BrClN2O3/c1-14(2,3)21-13(19)18-7-10(6-11(15)12(18)16)20-8-9-4-5-17-9/h6-7,9,12,17H,4-5,8H2,1-3H3/t9?,12-/m1/s1. The van der Waals surface area contributed by atoms with Crippen molar-refractivity contribution in [3.8, 4) is 0 Å². The number of ether oxygens (including phenoxy) is 2. The molecule has 2 aliphatic heterocycles. The first kappa shape index (κ1) is 16.6. The van der Waals surface area contributed by atoms with Crippen molar-refractivity contribution in [1.82, 2.24) is 10.2 Å². The molecule has 0 bridgehead atoms. The molecule has 5 nitrogen and oxygen atoms in total. The monoisotopic (exact) mass is 378 g/mol. The van der Waals surface area contributed by atoms with E-state index in [0.717, 1.165) is 13.0 Å². The van der Waals surface area contributed by atoms with Crippen LogP contribution < -0.4 is 5.32 Å². The highest BCUT2D eigenvalue weighted by Crippen LogP contribution is 2.29. The first-order chi connectivity index (χ1) is 9.76. The van der Waals surface area contributed by atoms with E-state index in [1.807, 2.05) is 20.8 Å². The molecule has 21 heavy (non-hydrogen) atoms. The molecule has 2 atom stereocenters. The van der Waals surface area contributed by atoms with Crippen LogP contribution in [0.15, 0.2) is 22.5 Å². The highest BCUT2D eigenvalue weighted by Gasteiger charge is 2.31. The molecule has 2 heterocycles. The molecule has 0 aromatic heterocycles. The lowest BCUT2D eigenvalue weighted by atomic mass is 10.1. The summed E-state index contributed by atoms with van der Waals surface area (Å²) in [7, 11) is 0. The average Bonchev–Trinajstić information content (AvgIpc) is 2.29. The number of carbonyl (C=O) groups is 1. The predicted octanol–water partition coefficient (Wildman–Crippen LogP) is 3.30. The lowest BCUT2D eigenvalue weighted by Crippen LogP contribution is -2.46. The maximum atomic E-state index is 12.2. The number of nitrogens with one attached hydrogen (secondary N) is 1. The summed E-state index contributed by atoms with van der Waals surface area (Å²) in [5.74, 6) is 0.582. The first-order valence-electron chi connectivity index (χ1n) is 6.87. The van der Waals surface area contributed by atoms with Gasteiger partial charge in [0.2, 0.25) is 0 Å². The Bertz CT molecular complexity index is 469. The summed E-state index contributed by atoms with van der Waals surface area (Å²) in [4.78, 5) is 13.5. The topological polar surface area (TPSA) is 50.8 Å². The Kier molecular flexibility index (Phi) is 5.22. The normalized spacial score (nSPS) is 25.7. The Morgan fingerprint density at radius 2 is 2.24 bits per heavy atom. The second kappa shape index (κ2) is 6.58. The van der Waals surface area contributed by atoms with Gasteiger partial charge in [-0.25, -0.2) is 4.79 Å². The summed E-state index contributed by atoms with van der Waals surface area (Å²) in [6.45, 7) is 7.03. The van der Waals surface area contributed by atoms with Gasteiger partial charge >= 0.3 is 6.09 Å². The van der Waals surface area contributed by atoms with Crippen molar-refractivity contribution in [2.75, 3.05) is 13.2 Å². The van der Waals surface area contributed by atoms with E-state index in [-0.39, 0.29) is 0 Å². The Morgan fingerprint density at radius 3 is 2.76 bits per heavy atom. The van der Waals surface area contributed by atoms with E-state index in [2.05, 4.69) is 21.2 Å². The molecule has 1 saturated heterocycles. The fourth-order valence-electron chi connectivity index (χ4n) is 1.80. The zero-order valence-corrected chi connectivity index (χ0v) is 14.7. The van der Waals surface area contributed by atoms with Crippen molar-refractivity contribution in [3.05, 3.63) is 22.5 Å². The van der Waals surface area contributed by atoms with Crippen LogP contribution >= 0.6 is 27.5 Å². The Labute approximate surface area is 138 Å². The molecular weight excluding hydrogens is 360 g/mol. The lowest BCUT2D eigenvalue weighted by molar-refractivity contribution is 0.0317. The molecule has 118 valence electrons. The number of halogens is 2. The number of allylic oxidation sites excluding steroid dienone is 1. The molecule has 1 amide bonds. The van der Waals surface area contributed by atoms with Crippen LogP contribution in [-0.2, 0) is 9.47 Å². The molecule has 2 aliphatic rings. The SMILES string of the molecule is CC(C)(C)OC(=O)N1C=C(OCC2CCN2)C=C(Br)[C@@H]1Cl. The van der Waals surface area contributed by atoms with Crippen LogP contribution in [0.2, 0.25) is 0 Å². The smallest absolute Gasteiger partial charge is 0.416 e. The summed E-state index contributed by atoms with van der Waals surface area (Å²) >= 11 is 9.58. The maximum Gasteiger partial charge on any atom is 0.416 e. The van der Waals surface area contributed by atoms with Gasteiger partial charge in [0.05, 0.1) is 6.20 Å². The number of rotatable bonds is 3. The van der Waals surface area contributed by atoms with Gasteiger partial charge in [0, 0.05) is 10.5 Å². The number of hydrogen-bond donors (Lipinski definition) is 1. The second-order valence-electron chi connectivity index (χ2n) is 6.03. The maximum absolute atomic E-state index is 12.2. The van der Waals surface area contributed by atoms with Gasteiger partial charge in [-0.1, -0.05) is 27.5 Å². The first-order valence-corrected chi connectivity index (χ1v) is 8.10. The predicted molar refractivity (Wildman–Crippen MR) is 85.2 cm³/mol. The quantitative estimate of drug-likeness (QED) is 0.604. The average molecular weight is 380 g/mol. The lowest BCUT2D eigenvalue weighted by Gasteiger charge is -2.32. The Hall–Kier alpha value is -0.720. The third kappa shape index (κ3) is 4.63. The second-order valence-corrected chi connectivity index (χ2v) is 7.36. The molecular formula is C14H20BrClN2O3. The van der Waals surface area contributed by atoms with Crippen LogP contribution in [0, 0.1) is 0 Å². The number of carbonyl (C=O) groups excluding carboxylic acids is 1. The van der Waals surface area contributed by atoms with Crippen LogP contribution in [-0.4, -0.2) is 41.3 Å². The van der Waals surface area contributed by atoms with E-state index in [9.17, 15) is 4.79 Å². The zero-order valence-electron chi connectivity index (χ0n) is 12.4. The number of alkyl halides is 1. The van der Waals surface area contributed by atoms with Crippen molar-refractivity contribution in [2.24, 2.45) is 0 Å². The van der Waals surface area contributed by atoms with Gasteiger partial charge in [-0.2, -0.15) is 0 Å². The van der Waals surface area contributed by atoms with Gasteiger partial charge in [-0.3, -0.25) is 4.90 Å². The van der Waals surface area contributed by atoms with Crippen LogP contribution in [0.25, 0.3) is 0 Å². The van der Waals surface area contributed by atoms with Crippen molar-refractivity contribution in [3.63, 3.8) is 0 Å². The molecule has 1 fully saturated rings. The van der Waals surface area contributed by atoms with Crippen LogP contribution in [0.1, 0.15) is 27.2 Å². The number of nitrogens with zero attached hydrogens (tertiary/aromatic N) is 1. The molecule has 0 saturated carbocycles. The van der Waals surface area contributed by atoms with Crippen LogP contribution in [0.3, 0.4) is 0 Å². The molecule has 1 unspecified atom stereocenters. The van der Waals surface area contributed by atoms with E-state index in [4.69, 9.17) is 21.1 Å². The van der Waals surface area contributed by atoms with Crippen LogP contribution in [0.5, 0.6) is 0 Å². The zero-order chi connectivity index (χ0) is 15.6.